The van der Waals surface area contributed by atoms with Crippen molar-refractivity contribution in [2.24, 2.45) is 0 Å². The lowest BCUT2D eigenvalue weighted by Gasteiger charge is -2.38. The predicted molar refractivity (Wildman–Crippen MR) is 104 cm³/mol. The van der Waals surface area contributed by atoms with Gasteiger partial charge in [-0.3, -0.25) is 14.3 Å². The Morgan fingerprint density at radius 1 is 1.14 bits per heavy atom. The highest BCUT2D eigenvalue weighted by molar-refractivity contribution is 5.92. The Hall–Kier alpha value is -3.22. The van der Waals surface area contributed by atoms with Crippen molar-refractivity contribution in [2.45, 2.75) is 44.1 Å². The fraction of sp³-hybridized carbons (Fsp3) is 0.333. The molecule has 1 aliphatic carbocycles. The van der Waals surface area contributed by atoms with Gasteiger partial charge in [-0.1, -0.05) is 48.5 Å². The smallest absolute Gasteiger partial charge is 0.348 e. The molecular formula is C21H22N4O3. The molecule has 0 spiro atoms. The molecule has 0 unspecified atom stereocenters. The minimum absolute atomic E-state index is 0.126. The molecule has 0 bridgehead atoms. The van der Waals surface area contributed by atoms with Crippen LogP contribution in [0.2, 0.25) is 0 Å². The number of benzene rings is 1. The zero-order valence-electron chi connectivity index (χ0n) is 15.6. The molecule has 1 saturated carbocycles. The predicted octanol–water partition coefficient (Wildman–Crippen LogP) is 3.06. The van der Waals surface area contributed by atoms with E-state index in [4.69, 9.17) is 0 Å². The summed E-state index contributed by atoms with van der Waals surface area (Å²) in [5, 5.41) is 6.70. The first-order chi connectivity index (χ1) is 13.5. The van der Waals surface area contributed by atoms with Gasteiger partial charge in [0.1, 0.15) is 11.4 Å². The van der Waals surface area contributed by atoms with Crippen molar-refractivity contribution in [3.8, 4) is 11.5 Å². The zero-order chi connectivity index (χ0) is 19.6. The lowest BCUT2D eigenvalue weighted by atomic mass is 9.69. The van der Waals surface area contributed by atoms with E-state index in [1.807, 2.05) is 6.07 Å². The number of hydrogen-bond acceptors (Lipinski definition) is 5. The number of carbonyl (C=O) groups excluding carboxylic acids is 1. The minimum atomic E-state index is -0.657. The maximum atomic E-state index is 12.6. The van der Waals surface area contributed by atoms with Crippen LogP contribution in [0.4, 0.5) is 0 Å². The third kappa shape index (κ3) is 3.74. The highest BCUT2D eigenvalue weighted by atomic mass is 16.5. The highest BCUT2D eigenvalue weighted by Crippen LogP contribution is 2.38. The number of aromatic nitrogens is 3. The molecule has 2 heterocycles. The Morgan fingerprint density at radius 2 is 1.89 bits per heavy atom. The van der Waals surface area contributed by atoms with E-state index in [2.05, 4.69) is 56.2 Å². The number of carbonyl (C=O) groups is 1. The summed E-state index contributed by atoms with van der Waals surface area (Å²) in [6.45, 7) is 2.30. The third-order valence-electron chi connectivity index (χ3n) is 5.56. The fourth-order valence-corrected chi connectivity index (χ4v) is 3.82. The van der Waals surface area contributed by atoms with E-state index in [9.17, 15) is 9.59 Å². The van der Waals surface area contributed by atoms with Crippen molar-refractivity contribution in [1.82, 2.24) is 20.4 Å². The van der Waals surface area contributed by atoms with Crippen LogP contribution in [-0.2, 0) is 5.41 Å². The van der Waals surface area contributed by atoms with Crippen molar-refractivity contribution >= 4 is 5.91 Å². The number of H-pyrrole nitrogens is 1. The van der Waals surface area contributed by atoms with Gasteiger partial charge in [0.2, 0.25) is 5.82 Å². The van der Waals surface area contributed by atoms with E-state index in [-0.39, 0.29) is 28.9 Å². The molecular weight excluding hydrogens is 356 g/mol. The average molecular weight is 378 g/mol. The molecule has 4 rings (SSSR count). The summed E-state index contributed by atoms with van der Waals surface area (Å²) in [6, 6.07) is 15.7. The summed E-state index contributed by atoms with van der Waals surface area (Å²) in [5.41, 5.74) is 2.19. The monoisotopic (exact) mass is 378 g/mol. The second kappa shape index (κ2) is 7.42. The summed E-state index contributed by atoms with van der Waals surface area (Å²) >= 11 is 0. The van der Waals surface area contributed by atoms with E-state index in [1.54, 1.807) is 18.2 Å². The normalized spacial score (nSPS) is 22.0. The van der Waals surface area contributed by atoms with Crippen molar-refractivity contribution in [3.63, 3.8) is 0 Å². The molecule has 3 aromatic rings. The largest absolute Gasteiger partial charge is 0.439 e. The lowest BCUT2D eigenvalue weighted by molar-refractivity contribution is 0.0914. The number of nitrogens with one attached hydrogen (secondary N) is 2. The third-order valence-corrected chi connectivity index (χ3v) is 5.56. The summed E-state index contributed by atoms with van der Waals surface area (Å²) in [6.07, 6.45) is 3.89. The first-order valence-corrected chi connectivity index (χ1v) is 9.43. The van der Waals surface area contributed by atoms with Crippen LogP contribution in [0.3, 0.4) is 0 Å². The molecule has 1 fully saturated rings. The number of amides is 1. The molecule has 0 saturated heterocycles. The standard InChI is InChI=1S/C21H22N4O3/c1-21(14-6-3-2-4-7-14)12-10-15(11-13-21)22-19(26)17-9-5-8-16(23-17)18-24-20(27)28-25-18/h2-9,15H,10-13H2,1H3,(H,22,26)(H,24,25,27). The van der Waals surface area contributed by atoms with Crippen LogP contribution in [0.1, 0.15) is 48.7 Å². The van der Waals surface area contributed by atoms with Crippen LogP contribution < -0.4 is 11.1 Å². The summed E-state index contributed by atoms with van der Waals surface area (Å²) < 4.78 is 4.50. The Labute approximate surface area is 162 Å². The van der Waals surface area contributed by atoms with Crippen LogP contribution in [-0.4, -0.2) is 27.1 Å². The Balaban J connectivity index is 1.41. The summed E-state index contributed by atoms with van der Waals surface area (Å²) in [4.78, 5) is 30.5. The van der Waals surface area contributed by atoms with Gasteiger partial charge in [0, 0.05) is 6.04 Å². The first kappa shape index (κ1) is 18.2. The molecule has 0 aliphatic heterocycles. The molecule has 2 aromatic heterocycles. The van der Waals surface area contributed by atoms with Crippen LogP contribution in [0.25, 0.3) is 11.5 Å². The van der Waals surface area contributed by atoms with Gasteiger partial charge in [-0.05, 0) is 48.8 Å². The number of nitrogens with zero attached hydrogens (tertiary/aromatic N) is 2. The lowest BCUT2D eigenvalue weighted by Crippen LogP contribution is -2.41. The van der Waals surface area contributed by atoms with Crippen LogP contribution in [0, 0.1) is 0 Å². The maximum absolute atomic E-state index is 12.6. The van der Waals surface area contributed by atoms with Crippen LogP contribution in [0.5, 0.6) is 0 Å². The van der Waals surface area contributed by atoms with E-state index >= 15 is 0 Å². The van der Waals surface area contributed by atoms with Crippen LogP contribution >= 0.6 is 0 Å². The average Bonchev–Trinajstić information content (AvgIpc) is 3.17. The van der Waals surface area contributed by atoms with Gasteiger partial charge in [0.25, 0.3) is 5.91 Å². The molecule has 144 valence electrons. The highest BCUT2D eigenvalue weighted by Gasteiger charge is 2.33. The number of aromatic amines is 1. The van der Waals surface area contributed by atoms with Gasteiger partial charge in [-0.2, -0.15) is 0 Å². The Bertz CT molecular complexity index is 1020. The molecule has 0 radical (unpaired) electrons. The van der Waals surface area contributed by atoms with E-state index in [1.165, 1.54) is 5.56 Å². The first-order valence-electron chi connectivity index (χ1n) is 9.43. The van der Waals surface area contributed by atoms with E-state index in [0.29, 0.717) is 5.69 Å². The number of pyridine rings is 1. The SMILES string of the molecule is CC1(c2ccccc2)CCC(NC(=O)c2cccc(-c3noc(=O)[nH]3)n2)CC1. The molecule has 0 atom stereocenters. The molecule has 1 aromatic carbocycles. The Kier molecular flexibility index (Phi) is 4.81. The van der Waals surface area contributed by atoms with Crippen molar-refractivity contribution in [3.05, 3.63) is 70.3 Å². The van der Waals surface area contributed by atoms with Gasteiger partial charge in [0.15, 0.2) is 0 Å². The molecule has 1 aliphatic rings. The molecule has 28 heavy (non-hydrogen) atoms. The maximum Gasteiger partial charge on any atom is 0.439 e. The second-order valence-corrected chi connectivity index (χ2v) is 7.53. The second-order valence-electron chi connectivity index (χ2n) is 7.53. The van der Waals surface area contributed by atoms with Crippen molar-refractivity contribution in [1.29, 1.82) is 0 Å². The van der Waals surface area contributed by atoms with Gasteiger partial charge in [-0.25, -0.2) is 9.78 Å². The fourth-order valence-electron chi connectivity index (χ4n) is 3.82. The zero-order valence-corrected chi connectivity index (χ0v) is 15.6. The van der Waals surface area contributed by atoms with Crippen LogP contribution in [0.15, 0.2) is 57.8 Å². The van der Waals surface area contributed by atoms with Gasteiger partial charge < -0.3 is 5.32 Å². The molecule has 2 N–H and O–H groups in total. The quantitative estimate of drug-likeness (QED) is 0.727. The van der Waals surface area contributed by atoms with Gasteiger partial charge in [-0.15, -0.1) is 0 Å². The number of hydrogen-bond donors (Lipinski definition) is 2. The topological polar surface area (TPSA) is 101 Å². The van der Waals surface area contributed by atoms with E-state index < -0.39 is 5.76 Å². The summed E-state index contributed by atoms with van der Waals surface area (Å²) in [7, 11) is 0. The van der Waals surface area contributed by atoms with Crippen molar-refractivity contribution in [2.75, 3.05) is 0 Å². The summed E-state index contributed by atoms with van der Waals surface area (Å²) in [5.74, 6) is -0.674. The Morgan fingerprint density at radius 3 is 2.57 bits per heavy atom. The van der Waals surface area contributed by atoms with Gasteiger partial charge >= 0.3 is 5.76 Å². The minimum Gasteiger partial charge on any atom is -0.348 e. The molecule has 7 nitrogen and oxygen atoms in total. The molecule has 1 amide bonds. The number of rotatable bonds is 4. The van der Waals surface area contributed by atoms with Gasteiger partial charge in [0.05, 0.1) is 0 Å². The van der Waals surface area contributed by atoms with Crippen molar-refractivity contribution < 1.29 is 9.32 Å². The van der Waals surface area contributed by atoms with E-state index in [0.717, 1.165) is 25.7 Å². The molecule has 7 heteroatoms.